The third-order valence-corrected chi connectivity index (χ3v) is 4.59. The summed E-state index contributed by atoms with van der Waals surface area (Å²) in [6.45, 7) is 8.75. The number of nitrogens with two attached hydrogens (primary N) is 1. The molecular formula is C15H27N5. The van der Waals surface area contributed by atoms with Gasteiger partial charge in [0.05, 0.1) is 18.1 Å². The van der Waals surface area contributed by atoms with Gasteiger partial charge in [0.2, 0.25) is 0 Å². The zero-order valence-electron chi connectivity index (χ0n) is 12.5. The van der Waals surface area contributed by atoms with Crippen molar-refractivity contribution < 1.29 is 0 Å². The smallest absolute Gasteiger partial charge is 0.0951 e. The van der Waals surface area contributed by atoms with E-state index in [9.17, 15) is 0 Å². The van der Waals surface area contributed by atoms with E-state index in [4.69, 9.17) is 5.73 Å². The van der Waals surface area contributed by atoms with Crippen molar-refractivity contribution in [3.8, 4) is 0 Å². The fraction of sp³-hybridized carbons (Fsp3) is 0.800. The molecule has 1 aliphatic carbocycles. The van der Waals surface area contributed by atoms with Crippen LogP contribution in [0.4, 0.5) is 0 Å². The minimum absolute atomic E-state index is 0.335. The zero-order chi connectivity index (χ0) is 13.9. The highest BCUT2D eigenvalue weighted by Gasteiger charge is 2.31. The fourth-order valence-electron chi connectivity index (χ4n) is 3.30. The van der Waals surface area contributed by atoms with E-state index >= 15 is 0 Å². The maximum atomic E-state index is 6.08. The molecule has 1 aliphatic heterocycles. The molecule has 1 saturated heterocycles. The highest BCUT2D eigenvalue weighted by atomic mass is 15.3. The number of imidazole rings is 1. The Hall–Kier alpha value is -0.910. The topological polar surface area (TPSA) is 50.3 Å². The fourth-order valence-corrected chi connectivity index (χ4v) is 3.30. The van der Waals surface area contributed by atoms with Gasteiger partial charge in [-0.2, -0.15) is 0 Å². The average molecular weight is 277 g/mol. The van der Waals surface area contributed by atoms with E-state index in [1.165, 1.54) is 44.6 Å². The minimum Gasteiger partial charge on any atom is -0.330 e. The molecule has 2 N–H and O–H groups in total. The van der Waals surface area contributed by atoms with Crippen LogP contribution in [0.15, 0.2) is 12.5 Å². The van der Waals surface area contributed by atoms with E-state index in [1.54, 1.807) is 0 Å². The van der Waals surface area contributed by atoms with Gasteiger partial charge < -0.3 is 15.2 Å². The monoisotopic (exact) mass is 277 g/mol. The van der Waals surface area contributed by atoms with Gasteiger partial charge in [-0.25, -0.2) is 4.98 Å². The summed E-state index contributed by atoms with van der Waals surface area (Å²) in [6, 6.07) is 1.02. The summed E-state index contributed by atoms with van der Waals surface area (Å²) >= 11 is 0. The molecule has 1 aromatic rings. The molecule has 0 bridgehead atoms. The van der Waals surface area contributed by atoms with Crippen LogP contribution in [0.25, 0.3) is 0 Å². The van der Waals surface area contributed by atoms with Crippen molar-refractivity contribution in [3.63, 3.8) is 0 Å². The van der Waals surface area contributed by atoms with Crippen LogP contribution >= 0.6 is 0 Å². The Morgan fingerprint density at radius 1 is 1.30 bits per heavy atom. The lowest BCUT2D eigenvalue weighted by Crippen LogP contribution is -2.49. The first-order chi connectivity index (χ1) is 9.83. The lowest BCUT2D eigenvalue weighted by Gasteiger charge is -2.39. The van der Waals surface area contributed by atoms with Gasteiger partial charge in [-0.3, -0.25) is 4.90 Å². The van der Waals surface area contributed by atoms with Gasteiger partial charge in [0.15, 0.2) is 0 Å². The van der Waals surface area contributed by atoms with Crippen LogP contribution in [-0.2, 0) is 0 Å². The van der Waals surface area contributed by atoms with Crippen LogP contribution in [0.2, 0.25) is 0 Å². The molecule has 112 valence electrons. The number of nitrogens with zero attached hydrogens (tertiary/aromatic N) is 4. The van der Waals surface area contributed by atoms with Crippen molar-refractivity contribution in [3.05, 3.63) is 18.2 Å². The molecule has 2 aliphatic rings. The largest absolute Gasteiger partial charge is 0.330 e. The maximum Gasteiger partial charge on any atom is 0.0951 e. The summed E-state index contributed by atoms with van der Waals surface area (Å²) in [7, 11) is 0. The second-order valence-electron chi connectivity index (χ2n) is 6.09. The summed E-state index contributed by atoms with van der Waals surface area (Å²) in [6.07, 6.45) is 7.85. The highest BCUT2D eigenvalue weighted by molar-refractivity contribution is 5.10. The molecule has 20 heavy (non-hydrogen) atoms. The molecule has 0 radical (unpaired) electrons. The van der Waals surface area contributed by atoms with Gasteiger partial charge in [-0.05, 0) is 25.8 Å². The molecule has 2 heterocycles. The molecule has 0 spiro atoms. The van der Waals surface area contributed by atoms with Gasteiger partial charge in [0.25, 0.3) is 0 Å². The lowest BCUT2D eigenvalue weighted by atomic mass is 10.1. The van der Waals surface area contributed by atoms with Crippen LogP contribution in [0, 0.1) is 0 Å². The number of piperazine rings is 1. The number of hydrogen-bond donors (Lipinski definition) is 1. The number of aromatic nitrogens is 2. The SMILES string of the molecule is CCCN1CCN(C(CN)c2cncn2C2CC2)CC1. The van der Waals surface area contributed by atoms with Gasteiger partial charge >= 0.3 is 0 Å². The van der Waals surface area contributed by atoms with Crippen LogP contribution in [0.1, 0.15) is 44.0 Å². The van der Waals surface area contributed by atoms with Gasteiger partial charge in [0.1, 0.15) is 0 Å². The third kappa shape index (κ3) is 2.90. The Bertz CT molecular complexity index is 418. The summed E-state index contributed by atoms with van der Waals surface area (Å²) in [4.78, 5) is 9.46. The average Bonchev–Trinajstić information content (AvgIpc) is 3.21. The van der Waals surface area contributed by atoms with E-state index in [1.807, 2.05) is 12.5 Å². The highest BCUT2D eigenvalue weighted by Crippen LogP contribution is 2.37. The Morgan fingerprint density at radius 3 is 2.65 bits per heavy atom. The quantitative estimate of drug-likeness (QED) is 0.850. The van der Waals surface area contributed by atoms with E-state index < -0.39 is 0 Å². The van der Waals surface area contributed by atoms with Crippen molar-refractivity contribution in [2.75, 3.05) is 39.3 Å². The first-order valence-corrected chi connectivity index (χ1v) is 8.01. The number of hydrogen-bond acceptors (Lipinski definition) is 4. The first-order valence-electron chi connectivity index (χ1n) is 8.01. The first kappa shape index (κ1) is 14.0. The van der Waals surface area contributed by atoms with E-state index in [0.29, 0.717) is 18.6 Å². The minimum atomic E-state index is 0.335. The van der Waals surface area contributed by atoms with Gasteiger partial charge in [0, 0.05) is 45.0 Å². The molecule has 3 rings (SSSR count). The Morgan fingerprint density at radius 2 is 2.05 bits per heavy atom. The summed E-state index contributed by atoms with van der Waals surface area (Å²) < 4.78 is 2.36. The molecule has 1 saturated carbocycles. The summed E-state index contributed by atoms with van der Waals surface area (Å²) in [5, 5.41) is 0. The van der Waals surface area contributed by atoms with Crippen molar-refractivity contribution in [1.29, 1.82) is 0 Å². The van der Waals surface area contributed by atoms with Crippen molar-refractivity contribution in [2.45, 2.75) is 38.3 Å². The Labute approximate surface area is 121 Å². The third-order valence-electron chi connectivity index (χ3n) is 4.59. The van der Waals surface area contributed by atoms with Crippen molar-refractivity contribution in [1.82, 2.24) is 19.4 Å². The predicted octanol–water partition coefficient (Wildman–Crippen LogP) is 1.25. The summed E-state index contributed by atoms with van der Waals surface area (Å²) in [5.74, 6) is 0. The second-order valence-corrected chi connectivity index (χ2v) is 6.09. The van der Waals surface area contributed by atoms with Crippen LogP contribution < -0.4 is 5.73 Å². The van der Waals surface area contributed by atoms with Crippen LogP contribution in [0.5, 0.6) is 0 Å². The van der Waals surface area contributed by atoms with Gasteiger partial charge in [-0.1, -0.05) is 6.92 Å². The maximum absolute atomic E-state index is 6.08. The molecular weight excluding hydrogens is 250 g/mol. The van der Waals surface area contributed by atoms with Crippen molar-refractivity contribution in [2.24, 2.45) is 5.73 Å². The number of rotatable bonds is 6. The Kier molecular flexibility index (Phi) is 4.38. The van der Waals surface area contributed by atoms with Crippen LogP contribution in [0.3, 0.4) is 0 Å². The van der Waals surface area contributed by atoms with E-state index in [2.05, 4.69) is 26.3 Å². The lowest BCUT2D eigenvalue weighted by molar-refractivity contribution is 0.0954. The Balaban J connectivity index is 1.66. The standard InChI is InChI=1S/C15H27N5/c1-2-5-18-6-8-19(9-7-18)14(10-16)15-11-17-12-20(15)13-3-4-13/h11-14H,2-10,16H2,1H3. The van der Waals surface area contributed by atoms with Gasteiger partial charge in [-0.15, -0.1) is 0 Å². The molecule has 1 unspecified atom stereocenters. The zero-order valence-corrected chi connectivity index (χ0v) is 12.5. The van der Waals surface area contributed by atoms with E-state index in [0.717, 1.165) is 13.1 Å². The summed E-state index contributed by atoms with van der Waals surface area (Å²) in [5.41, 5.74) is 7.40. The van der Waals surface area contributed by atoms with Crippen molar-refractivity contribution >= 4 is 0 Å². The molecule has 2 fully saturated rings. The van der Waals surface area contributed by atoms with Crippen LogP contribution in [-0.4, -0.2) is 58.6 Å². The molecule has 0 aromatic carbocycles. The normalized spacial score (nSPS) is 23.1. The molecule has 0 amide bonds. The molecule has 1 atom stereocenters. The second kappa shape index (κ2) is 6.24. The molecule has 5 heteroatoms. The van der Waals surface area contributed by atoms with E-state index in [-0.39, 0.29) is 0 Å². The molecule has 1 aromatic heterocycles. The molecule has 5 nitrogen and oxygen atoms in total. The predicted molar refractivity (Wildman–Crippen MR) is 80.6 cm³/mol.